The molecule has 0 bridgehead atoms. The van der Waals surface area contributed by atoms with Crippen LogP contribution in [0, 0.1) is 5.82 Å². The number of rotatable bonds is 9. The largest absolute Gasteiger partial charge is 0.491 e. The third kappa shape index (κ3) is 5.83. The molecule has 6 nitrogen and oxygen atoms in total. The van der Waals surface area contributed by atoms with Gasteiger partial charge in [0.1, 0.15) is 11.6 Å². The molecule has 1 amide bonds. The number of carbonyl (C=O) groups is 1. The summed E-state index contributed by atoms with van der Waals surface area (Å²) in [5.74, 6) is -0.544. The van der Waals surface area contributed by atoms with Gasteiger partial charge < -0.3 is 10.1 Å². The molecule has 3 aromatic carbocycles. The van der Waals surface area contributed by atoms with Gasteiger partial charge in [-0.05, 0) is 61.0 Å². The normalized spacial score (nSPS) is 11.2. The zero-order valence-electron chi connectivity index (χ0n) is 18.2. The van der Waals surface area contributed by atoms with Crippen LogP contribution in [0.3, 0.4) is 0 Å². The Kier molecular flexibility index (Phi) is 7.94. The van der Waals surface area contributed by atoms with Crippen molar-refractivity contribution in [1.29, 1.82) is 0 Å². The number of unbranched alkanes of at least 4 members (excludes halogenated alkanes) is 1. The van der Waals surface area contributed by atoms with Gasteiger partial charge in [-0.2, -0.15) is 0 Å². The molecule has 0 saturated heterocycles. The number of benzene rings is 3. The Labute approximate surface area is 198 Å². The van der Waals surface area contributed by atoms with Crippen LogP contribution in [-0.2, 0) is 10.0 Å². The van der Waals surface area contributed by atoms with Crippen LogP contribution in [-0.4, -0.2) is 28.0 Å². The van der Waals surface area contributed by atoms with E-state index in [1.807, 2.05) is 6.92 Å². The molecule has 0 atom stereocenters. The number of sulfonamides is 1. The van der Waals surface area contributed by atoms with E-state index in [0.29, 0.717) is 18.0 Å². The molecule has 0 aromatic heterocycles. The predicted octanol–water partition coefficient (Wildman–Crippen LogP) is 5.74. The Hall–Kier alpha value is -3.10. The summed E-state index contributed by atoms with van der Waals surface area (Å²) < 4.78 is 46.2. The summed E-state index contributed by atoms with van der Waals surface area (Å²) in [6.07, 6.45) is 1.84. The van der Waals surface area contributed by atoms with Crippen molar-refractivity contribution in [2.45, 2.75) is 24.7 Å². The van der Waals surface area contributed by atoms with Gasteiger partial charge in [0, 0.05) is 7.05 Å². The van der Waals surface area contributed by atoms with Crippen LogP contribution in [0.15, 0.2) is 71.6 Å². The molecule has 0 fully saturated rings. The van der Waals surface area contributed by atoms with E-state index in [0.717, 1.165) is 17.1 Å². The molecule has 1 N–H and O–H groups in total. The molecule has 3 aromatic rings. The Bertz CT molecular complexity index is 1230. The van der Waals surface area contributed by atoms with Gasteiger partial charge in [-0.25, -0.2) is 12.8 Å². The number of amides is 1. The number of para-hydroxylation sites is 2. The number of hydrogen-bond acceptors (Lipinski definition) is 4. The highest BCUT2D eigenvalue weighted by molar-refractivity contribution is 7.92. The number of anilines is 2. The molecular weight excluding hydrogens is 467 g/mol. The summed E-state index contributed by atoms with van der Waals surface area (Å²) >= 11 is 6.22. The Morgan fingerprint density at radius 3 is 2.48 bits per heavy atom. The molecule has 3 rings (SSSR count). The standard InChI is InChI=1S/C24H24ClFN2O4S/c1-3-4-15-32-23-8-6-5-7-22(23)27-24(29)20-16-19(13-14-21(20)25)33(30,31)28(2)18-11-9-17(26)10-12-18/h5-14,16H,3-4,15H2,1-2H3,(H,27,29). The summed E-state index contributed by atoms with van der Waals surface area (Å²) in [4.78, 5) is 12.8. The van der Waals surface area contributed by atoms with Crippen LogP contribution < -0.4 is 14.4 Å². The average Bonchev–Trinajstić information content (AvgIpc) is 2.80. The maximum absolute atomic E-state index is 13.2. The van der Waals surface area contributed by atoms with Crippen molar-refractivity contribution in [3.8, 4) is 5.75 Å². The SMILES string of the molecule is CCCCOc1ccccc1NC(=O)c1cc(S(=O)(=O)N(C)c2ccc(F)cc2)ccc1Cl. The molecule has 0 saturated carbocycles. The van der Waals surface area contributed by atoms with Crippen molar-refractivity contribution >= 4 is 38.9 Å². The highest BCUT2D eigenvalue weighted by Gasteiger charge is 2.24. The lowest BCUT2D eigenvalue weighted by atomic mass is 10.2. The van der Waals surface area contributed by atoms with E-state index >= 15 is 0 Å². The molecule has 0 radical (unpaired) electrons. The smallest absolute Gasteiger partial charge is 0.264 e. The first-order chi connectivity index (χ1) is 15.7. The number of nitrogens with zero attached hydrogens (tertiary/aromatic N) is 1. The minimum absolute atomic E-state index is 0.00592. The molecule has 0 aliphatic rings. The summed E-state index contributed by atoms with van der Waals surface area (Å²) in [6.45, 7) is 2.56. The minimum atomic E-state index is -4.03. The Morgan fingerprint density at radius 2 is 1.79 bits per heavy atom. The summed E-state index contributed by atoms with van der Waals surface area (Å²) in [5, 5.41) is 2.84. The van der Waals surface area contributed by atoms with Crippen LogP contribution in [0.5, 0.6) is 5.75 Å². The van der Waals surface area contributed by atoms with Crippen molar-refractivity contribution in [2.75, 3.05) is 23.3 Å². The maximum atomic E-state index is 13.2. The Balaban J connectivity index is 1.87. The second-order valence-corrected chi connectivity index (χ2v) is 9.62. The van der Waals surface area contributed by atoms with Crippen LogP contribution >= 0.6 is 11.6 Å². The first kappa shape index (κ1) is 24.5. The number of carbonyl (C=O) groups excluding carboxylic acids is 1. The molecule has 0 spiro atoms. The predicted molar refractivity (Wildman–Crippen MR) is 128 cm³/mol. The van der Waals surface area contributed by atoms with E-state index in [1.54, 1.807) is 24.3 Å². The van der Waals surface area contributed by atoms with Crippen molar-refractivity contribution in [2.24, 2.45) is 0 Å². The van der Waals surface area contributed by atoms with Gasteiger partial charge in [0.15, 0.2) is 0 Å². The van der Waals surface area contributed by atoms with Gasteiger partial charge in [0.2, 0.25) is 0 Å². The number of ether oxygens (including phenoxy) is 1. The van der Waals surface area contributed by atoms with Crippen LogP contribution in [0.1, 0.15) is 30.1 Å². The molecular formula is C24H24ClFN2O4S. The van der Waals surface area contributed by atoms with Gasteiger partial charge in [0.25, 0.3) is 15.9 Å². The average molecular weight is 491 g/mol. The van der Waals surface area contributed by atoms with Crippen molar-refractivity contribution in [3.05, 3.63) is 83.1 Å². The van der Waals surface area contributed by atoms with Crippen LogP contribution in [0.25, 0.3) is 0 Å². The lowest BCUT2D eigenvalue weighted by molar-refractivity contribution is 0.102. The number of nitrogens with one attached hydrogen (secondary N) is 1. The van der Waals surface area contributed by atoms with E-state index in [2.05, 4.69) is 5.32 Å². The molecule has 0 aliphatic carbocycles. The molecule has 33 heavy (non-hydrogen) atoms. The highest BCUT2D eigenvalue weighted by atomic mass is 35.5. The van der Waals surface area contributed by atoms with E-state index in [-0.39, 0.29) is 21.2 Å². The fourth-order valence-corrected chi connectivity index (χ4v) is 4.42. The molecule has 0 aliphatic heterocycles. The quantitative estimate of drug-likeness (QED) is 0.388. The van der Waals surface area contributed by atoms with Crippen molar-refractivity contribution in [3.63, 3.8) is 0 Å². The summed E-state index contributed by atoms with van der Waals surface area (Å²) in [5.41, 5.74) is 0.718. The first-order valence-electron chi connectivity index (χ1n) is 10.3. The molecule has 0 heterocycles. The Morgan fingerprint density at radius 1 is 1.09 bits per heavy atom. The van der Waals surface area contributed by atoms with Crippen molar-refractivity contribution < 1.29 is 22.3 Å². The van der Waals surface area contributed by atoms with Gasteiger partial charge in [-0.15, -0.1) is 0 Å². The fraction of sp³-hybridized carbons (Fsp3) is 0.208. The highest BCUT2D eigenvalue weighted by Crippen LogP contribution is 2.28. The zero-order valence-corrected chi connectivity index (χ0v) is 19.8. The fourth-order valence-electron chi connectivity index (χ4n) is 3.00. The van der Waals surface area contributed by atoms with Crippen molar-refractivity contribution in [1.82, 2.24) is 0 Å². The van der Waals surface area contributed by atoms with Gasteiger partial charge >= 0.3 is 0 Å². The van der Waals surface area contributed by atoms with Gasteiger partial charge in [-0.1, -0.05) is 37.1 Å². The monoisotopic (exact) mass is 490 g/mol. The van der Waals surface area contributed by atoms with E-state index < -0.39 is 21.7 Å². The maximum Gasteiger partial charge on any atom is 0.264 e. The summed E-state index contributed by atoms with van der Waals surface area (Å²) in [7, 11) is -2.68. The lowest BCUT2D eigenvalue weighted by Gasteiger charge is -2.20. The third-order valence-corrected chi connectivity index (χ3v) is 7.03. The van der Waals surface area contributed by atoms with E-state index in [9.17, 15) is 17.6 Å². The van der Waals surface area contributed by atoms with Crippen LogP contribution in [0.2, 0.25) is 5.02 Å². The number of halogens is 2. The van der Waals surface area contributed by atoms with E-state index in [1.165, 1.54) is 49.5 Å². The third-order valence-electron chi connectivity index (χ3n) is 4.92. The topological polar surface area (TPSA) is 75.7 Å². The molecule has 174 valence electrons. The van der Waals surface area contributed by atoms with E-state index in [4.69, 9.17) is 16.3 Å². The first-order valence-corrected chi connectivity index (χ1v) is 12.1. The minimum Gasteiger partial charge on any atom is -0.491 e. The summed E-state index contributed by atoms with van der Waals surface area (Å²) in [6, 6.07) is 15.9. The molecule has 9 heteroatoms. The second kappa shape index (κ2) is 10.7. The number of hydrogen-bond donors (Lipinski definition) is 1. The van der Waals surface area contributed by atoms with Gasteiger partial charge in [-0.3, -0.25) is 9.10 Å². The van der Waals surface area contributed by atoms with Crippen LogP contribution in [0.4, 0.5) is 15.8 Å². The molecule has 0 unspecified atom stereocenters. The second-order valence-electron chi connectivity index (χ2n) is 7.24. The zero-order chi connectivity index (χ0) is 24.0. The van der Waals surface area contributed by atoms with Gasteiger partial charge in [0.05, 0.1) is 33.5 Å². The lowest BCUT2D eigenvalue weighted by Crippen LogP contribution is -2.27.